The molecule has 0 radical (unpaired) electrons. The molecule has 0 saturated heterocycles. The minimum atomic E-state index is -2.25. The van der Waals surface area contributed by atoms with Gasteiger partial charge in [0.1, 0.15) is 6.61 Å². The SMILES string of the molecule is CCO/N=C/c1csc(SCCC(F)=C(F)F)n1. The molecule has 0 amide bonds. The van der Waals surface area contributed by atoms with E-state index < -0.39 is 11.9 Å². The molecule has 1 aromatic heterocycles. The Hall–Kier alpha value is -1.02. The molecule has 0 aliphatic heterocycles. The second kappa shape index (κ2) is 8.15. The van der Waals surface area contributed by atoms with Crippen molar-refractivity contribution in [1.82, 2.24) is 4.98 Å². The lowest BCUT2D eigenvalue weighted by Crippen LogP contribution is -1.85. The number of thioether (sulfide) groups is 1. The van der Waals surface area contributed by atoms with Crippen molar-refractivity contribution in [2.45, 2.75) is 17.7 Å². The fourth-order valence-corrected chi connectivity index (χ4v) is 2.67. The van der Waals surface area contributed by atoms with Crippen LogP contribution >= 0.6 is 23.1 Å². The van der Waals surface area contributed by atoms with E-state index in [-0.39, 0.29) is 12.2 Å². The van der Waals surface area contributed by atoms with Crippen LogP contribution in [0.4, 0.5) is 13.2 Å². The van der Waals surface area contributed by atoms with Crippen molar-refractivity contribution in [2.75, 3.05) is 12.4 Å². The van der Waals surface area contributed by atoms with Crippen LogP contribution in [-0.2, 0) is 4.84 Å². The molecule has 1 aromatic rings. The molecule has 1 rings (SSSR count). The molecule has 0 N–H and O–H groups in total. The molecule has 0 aliphatic carbocycles. The zero-order valence-electron chi connectivity index (χ0n) is 9.53. The summed E-state index contributed by atoms with van der Waals surface area (Å²) in [5, 5.41) is 5.41. The Morgan fingerprint density at radius 3 is 3.00 bits per heavy atom. The van der Waals surface area contributed by atoms with Gasteiger partial charge < -0.3 is 4.84 Å². The van der Waals surface area contributed by atoms with Crippen LogP contribution in [0.1, 0.15) is 19.0 Å². The van der Waals surface area contributed by atoms with Crippen LogP contribution in [0, 0.1) is 0 Å². The molecular weight excluding hydrogens is 285 g/mol. The smallest absolute Gasteiger partial charge is 0.301 e. The van der Waals surface area contributed by atoms with Crippen molar-refractivity contribution in [3.63, 3.8) is 0 Å². The second-order valence-electron chi connectivity index (χ2n) is 2.95. The van der Waals surface area contributed by atoms with Gasteiger partial charge in [-0.3, -0.25) is 0 Å². The van der Waals surface area contributed by atoms with Crippen LogP contribution in [0.5, 0.6) is 0 Å². The first kappa shape index (κ1) is 15.0. The van der Waals surface area contributed by atoms with Crippen LogP contribution < -0.4 is 0 Å². The summed E-state index contributed by atoms with van der Waals surface area (Å²) in [5.74, 6) is -1.14. The van der Waals surface area contributed by atoms with Gasteiger partial charge in [-0.2, -0.15) is 8.78 Å². The molecule has 0 spiro atoms. The van der Waals surface area contributed by atoms with Gasteiger partial charge in [0.25, 0.3) is 0 Å². The molecule has 1 heterocycles. The summed E-state index contributed by atoms with van der Waals surface area (Å²) in [5.41, 5.74) is 0.628. The molecule has 3 nitrogen and oxygen atoms in total. The minimum absolute atomic E-state index is 0.221. The van der Waals surface area contributed by atoms with Gasteiger partial charge in [-0.15, -0.1) is 11.3 Å². The summed E-state index contributed by atoms with van der Waals surface area (Å²) in [6, 6.07) is 0. The van der Waals surface area contributed by atoms with Crippen LogP contribution in [0.15, 0.2) is 26.8 Å². The van der Waals surface area contributed by atoms with Crippen molar-refractivity contribution >= 4 is 29.3 Å². The van der Waals surface area contributed by atoms with E-state index in [4.69, 9.17) is 4.84 Å². The first-order valence-corrected chi connectivity index (χ1v) is 6.93. The molecule has 0 atom stereocenters. The zero-order valence-corrected chi connectivity index (χ0v) is 11.2. The normalized spacial score (nSPS) is 10.9. The molecule has 0 unspecified atom stereocenters. The predicted octanol–water partition coefficient (Wildman–Crippen LogP) is 4.07. The van der Waals surface area contributed by atoms with Crippen molar-refractivity contribution in [2.24, 2.45) is 5.16 Å². The summed E-state index contributed by atoms with van der Waals surface area (Å²) < 4.78 is 36.7. The number of hydrogen-bond acceptors (Lipinski definition) is 5. The number of hydrogen-bond donors (Lipinski definition) is 0. The van der Waals surface area contributed by atoms with Crippen molar-refractivity contribution < 1.29 is 18.0 Å². The standard InChI is InChI=1S/C10H11F3N2OS2/c1-2-16-14-5-7-6-18-10(15-7)17-4-3-8(11)9(12)13/h5-6H,2-4H2,1H3/b14-5+. The van der Waals surface area contributed by atoms with E-state index >= 15 is 0 Å². The Labute approximate surface area is 111 Å². The Balaban J connectivity index is 2.38. The van der Waals surface area contributed by atoms with Crippen LogP contribution in [-0.4, -0.2) is 23.6 Å². The highest BCUT2D eigenvalue weighted by molar-refractivity contribution is 8.01. The number of nitrogens with zero attached hydrogens (tertiary/aromatic N) is 2. The first-order chi connectivity index (χ1) is 8.63. The molecule has 0 fully saturated rings. The summed E-state index contributed by atoms with van der Waals surface area (Å²) in [7, 11) is 0. The molecule has 8 heteroatoms. The number of oxime groups is 1. The van der Waals surface area contributed by atoms with Gasteiger partial charge >= 0.3 is 6.08 Å². The summed E-state index contributed by atoms with van der Waals surface area (Å²) in [6.07, 6.45) is -1.08. The summed E-state index contributed by atoms with van der Waals surface area (Å²) in [6.45, 7) is 2.29. The maximum Gasteiger partial charge on any atom is 0.301 e. The van der Waals surface area contributed by atoms with E-state index in [0.29, 0.717) is 16.6 Å². The highest BCUT2D eigenvalue weighted by Gasteiger charge is 2.06. The van der Waals surface area contributed by atoms with Crippen LogP contribution in [0.25, 0.3) is 0 Å². The largest absolute Gasteiger partial charge is 0.396 e. The second-order valence-corrected chi connectivity index (χ2v) is 5.15. The van der Waals surface area contributed by atoms with E-state index in [1.165, 1.54) is 29.3 Å². The lowest BCUT2D eigenvalue weighted by atomic mass is 10.4. The maximum atomic E-state index is 12.5. The molecule has 0 saturated carbocycles. The molecule has 100 valence electrons. The maximum absolute atomic E-state index is 12.5. The zero-order chi connectivity index (χ0) is 13.4. The van der Waals surface area contributed by atoms with Gasteiger partial charge in [0.05, 0.1) is 11.9 Å². The molecule has 18 heavy (non-hydrogen) atoms. The lowest BCUT2D eigenvalue weighted by molar-refractivity contribution is 0.160. The number of thiazole rings is 1. The number of aromatic nitrogens is 1. The van der Waals surface area contributed by atoms with E-state index in [1.807, 2.05) is 6.92 Å². The highest BCUT2D eigenvalue weighted by atomic mass is 32.2. The highest BCUT2D eigenvalue weighted by Crippen LogP contribution is 2.25. The van der Waals surface area contributed by atoms with Gasteiger partial charge in [0.15, 0.2) is 10.2 Å². The van der Waals surface area contributed by atoms with Gasteiger partial charge in [-0.25, -0.2) is 9.37 Å². The molecule has 0 aliphatic rings. The number of halogens is 3. The topological polar surface area (TPSA) is 34.5 Å². The average Bonchev–Trinajstić information content (AvgIpc) is 2.77. The van der Waals surface area contributed by atoms with Crippen molar-refractivity contribution in [3.8, 4) is 0 Å². The molecular formula is C10H11F3N2OS2. The third-order valence-corrected chi connectivity index (χ3v) is 3.68. The molecule has 0 aromatic carbocycles. The lowest BCUT2D eigenvalue weighted by Gasteiger charge is -1.95. The van der Waals surface area contributed by atoms with Gasteiger partial charge in [0, 0.05) is 17.6 Å². The Morgan fingerprint density at radius 1 is 1.56 bits per heavy atom. The Kier molecular flexibility index (Phi) is 6.81. The van der Waals surface area contributed by atoms with E-state index in [0.717, 1.165) is 0 Å². The third-order valence-electron chi connectivity index (χ3n) is 1.64. The van der Waals surface area contributed by atoms with Gasteiger partial charge in [-0.1, -0.05) is 16.9 Å². The molecule has 0 bridgehead atoms. The predicted molar refractivity (Wildman–Crippen MR) is 67.0 cm³/mol. The van der Waals surface area contributed by atoms with Gasteiger partial charge in [-0.05, 0) is 6.92 Å². The fourth-order valence-electron chi connectivity index (χ4n) is 0.883. The number of allylic oxidation sites excluding steroid dienone is 1. The minimum Gasteiger partial charge on any atom is -0.396 e. The van der Waals surface area contributed by atoms with E-state index in [1.54, 1.807) is 5.38 Å². The monoisotopic (exact) mass is 296 g/mol. The van der Waals surface area contributed by atoms with E-state index in [9.17, 15) is 13.2 Å². The average molecular weight is 296 g/mol. The summed E-state index contributed by atoms with van der Waals surface area (Å²) >= 11 is 2.57. The van der Waals surface area contributed by atoms with Crippen LogP contribution in [0.2, 0.25) is 0 Å². The quantitative estimate of drug-likeness (QED) is 0.432. The Bertz CT molecular complexity index is 431. The number of rotatable bonds is 7. The van der Waals surface area contributed by atoms with Crippen molar-refractivity contribution in [3.05, 3.63) is 23.0 Å². The third kappa shape index (κ3) is 5.54. The van der Waals surface area contributed by atoms with E-state index in [2.05, 4.69) is 10.1 Å². The first-order valence-electron chi connectivity index (χ1n) is 5.06. The summed E-state index contributed by atoms with van der Waals surface area (Å²) in [4.78, 5) is 8.92. The Morgan fingerprint density at radius 2 is 2.33 bits per heavy atom. The van der Waals surface area contributed by atoms with Crippen molar-refractivity contribution in [1.29, 1.82) is 0 Å². The van der Waals surface area contributed by atoms with Crippen LogP contribution in [0.3, 0.4) is 0 Å². The van der Waals surface area contributed by atoms with Gasteiger partial charge in [0.2, 0.25) is 0 Å². The fraction of sp³-hybridized carbons (Fsp3) is 0.400.